The molecule has 2 rings (SSSR count). The summed E-state index contributed by atoms with van der Waals surface area (Å²) in [5, 5.41) is 8.98. The van der Waals surface area contributed by atoms with Crippen molar-refractivity contribution in [2.24, 2.45) is 5.92 Å². The second-order valence-corrected chi connectivity index (χ2v) is 5.09. The van der Waals surface area contributed by atoms with Gasteiger partial charge in [0.2, 0.25) is 0 Å². The molecule has 1 aromatic heterocycles. The number of hydrogen-bond acceptors (Lipinski definition) is 3. The molecule has 1 unspecified atom stereocenters. The SMILES string of the molecule is Cc1cccc(C(=O)N(CC(C)C(=O)O)C2CC2)n1. The molecule has 1 atom stereocenters. The number of aliphatic carboxylic acids is 1. The fourth-order valence-electron chi connectivity index (χ4n) is 1.97. The van der Waals surface area contributed by atoms with E-state index in [2.05, 4.69) is 4.98 Å². The molecule has 5 heteroatoms. The van der Waals surface area contributed by atoms with Crippen LogP contribution in [0.3, 0.4) is 0 Å². The van der Waals surface area contributed by atoms with Gasteiger partial charge < -0.3 is 10.0 Å². The molecule has 0 radical (unpaired) electrons. The van der Waals surface area contributed by atoms with Crippen molar-refractivity contribution in [1.82, 2.24) is 9.88 Å². The summed E-state index contributed by atoms with van der Waals surface area (Å²) in [5.41, 5.74) is 1.18. The summed E-state index contributed by atoms with van der Waals surface area (Å²) in [6.07, 6.45) is 1.90. The number of aryl methyl sites for hydroxylation is 1. The zero-order valence-corrected chi connectivity index (χ0v) is 11.2. The Morgan fingerprint density at radius 3 is 2.68 bits per heavy atom. The number of amides is 1. The highest BCUT2D eigenvalue weighted by atomic mass is 16.4. The van der Waals surface area contributed by atoms with Crippen LogP contribution in [0.1, 0.15) is 35.9 Å². The average Bonchev–Trinajstić information content (AvgIpc) is 3.19. The quantitative estimate of drug-likeness (QED) is 0.877. The molecule has 1 aliphatic rings. The third-order valence-electron chi connectivity index (χ3n) is 3.25. The van der Waals surface area contributed by atoms with Crippen LogP contribution in [0.15, 0.2) is 18.2 Å². The zero-order valence-electron chi connectivity index (χ0n) is 11.2. The first-order valence-corrected chi connectivity index (χ1v) is 6.46. The molecule has 1 aromatic rings. The van der Waals surface area contributed by atoms with Gasteiger partial charge in [-0.05, 0) is 31.9 Å². The van der Waals surface area contributed by atoms with E-state index in [0.717, 1.165) is 18.5 Å². The maximum absolute atomic E-state index is 12.4. The van der Waals surface area contributed by atoms with Gasteiger partial charge in [-0.15, -0.1) is 0 Å². The zero-order chi connectivity index (χ0) is 14.0. The van der Waals surface area contributed by atoms with E-state index < -0.39 is 11.9 Å². The lowest BCUT2D eigenvalue weighted by Crippen LogP contribution is -2.39. The summed E-state index contributed by atoms with van der Waals surface area (Å²) in [5.74, 6) is -1.61. The highest BCUT2D eigenvalue weighted by molar-refractivity contribution is 5.93. The molecule has 19 heavy (non-hydrogen) atoms. The first-order chi connectivity index (χ1) is 8.99. The third-order valence-corrected chi connectivity index (χ3v) is 3.25. The summed E-state index contributed by atoms with van der Waals surface area (Å²) < 4.78 is 0. The van der Waals surface area contributed by atoms with Crippen molar-refractivity contribution in [2.45, 2.75) is 32.7 Å². The van der Waals surface area contributed by atoms with Crippen molar-refractivity contribution >= 4 is 11.9 Å². The number of hydrogen-bond donors (Lipinski definition) is 1. The molecule has 1 heterocycles. The van der Waals surface area contributed by atoms with Gasteiger partial charge in [-0.3, -0.25) is 9.59 Å². The van der Waals surface area contributed by atoms with E-state index in [9.17, 15) is 9.59 Å². The Hall–Kier alpha value is -1.91. The molecule has 0 spiro atoms. The summed E-state index contributed by atoms with van der Waals surface area (Å²) in [4.78, 5) is 29.2. The number of carbonyl (C=O) groups excluding carboxylic acids is 1. The largest absolute Gasteiger partial charge is 0.481 e. The smallest absolute Gasteiger partial charge is 0.308 e. The van der Waals surface area contributed by atoms with Crippen LogP contribution in [0.2, 0.25) is 0 Å². The van der Waals surface area contributed by atoms with Crippen molar-refractivity contribution in [3.63, 3.8) is 0 Å². The van der Waals surface area contributed by atoms with Crippen LogP contribution in [0.25, 0.3) is 0 Å². The average molecular weight is 262 g/mol. The monoisotopic (exact) mass is 262 g/mol. The van der Waals surface area contributed by atoms with E-state index in [1.54, 1.807) is 24.0 Å². The predicted octanol–water partition coefficient (Wildman–Crippen LogP) is 1.72. The van der Waals surface area contributed by atoms with Gasteiger partial charge in [0, 0.05) is 18.3 Å². The fraction of sp³-hybridized carbons (Fsp3) is 0.500. The van der Waals surface area contributed by atoms with Gasteiger partial charge in [-0.2, -0.15) is 0 Å². The first-order valence-electron chi connectivity index (χ1n) is 6.46. The molecule has 1 amide bonds. The maximum Gasteiger partial charge on any atom is 0.308 e. The van der Waals surface area contributed by atoms with Crippen LogP contribution in [0.5, 0.6) is 0 Å². The van der Waals surface area contributed by atoms with E-state index >= 15 is 0 Å². The summed E-state index contributed by atoms with van der Waals surface area (Å²) in [6, 6.07) is 5.48. The molecule has 1 N–H and O–H groups in total. The molecule has 5 nitrogen and oxygen atoms in total. The third kappa shape index (κ3) is 3.30. The minimum atomic E-state index is -0.879. The second kappa shape index (κ2) is 5.38. The van der Waals surface area contributed by atoms with Gasteiger partial charge in [0.25, 0.3) is 5.91 Å². The van der Waals surface area contributed by atoms with Gasteiger partial charge in [0.15, 0.2) is 0 Å². The van der Waals surface area contributed by atoms with E-state index in [1.165, 1.54) is 0 Å². The highest BCUT2D eigenvalue weighted by Gasteiger charge is 2.35. The Labute approximate surface area is 112 Å². The Kier molecular flexibility index (Phi) is 3.83. The molecule has 1 saturated carbocycles. The van der Waals surface area contributed by atoms with Gasteiger partial charge >= 0.3 is 5.97 Å². The topological polar surface area (TPSA) is 70.5 Å². The maximum atomic E-state index is 12.4. The summed E-state index contributed by atoms with van der Waals surface area (Å²) in [7, 11) is 0. The molecule has 1 fully saturated rings. The Balaban J connectivity index is 2.15. The lowest BCUT2D eigenvalue weighted by atomic mass is 10.1. The van der Waals surface area contributed by atoms with Crippen LogP contribution >= 0.6 is 0 Å². The molecule has 0 aromatic carbocycles. The van der Waals surface area contributed by atoms with Gasteiger partial charge in [0.1, 0.15) is 5.69 Å². The second-order valence-electron chi connectivity index (χ2n) is 5.09. The summed E-state index contributed by atoms with van der Waals surface area (Å²) in [6.45, 7) is 3.70. The van der Waals surface area contributed by atoms with Crippen LogP contribution < -0.4 is 0 Å². The number of carbonyl (C=O) groups is 2. The summed E-state index contributed by atoms with van der Waals surface area (Å²) >= 11 is 0. The molecule has 0 bridgehead atoms. The van der Waals surface area contributed by atoms with Crippen molar-refractivity contribution < 1.29 is 14.7 Å². The van der Waals surface area contributed by atoms with Crippen molar-refractivity contribution in [3.05, 3.63) is 29.6 Å². The van der Waals surface area contributed by atoms with E-state index in [0.29, 0.717) is 5.69 Å². The lowest BCUT2D eigenvalue weighted by molar-refractivity contribution is -0.141. The van der Waals surface area contributed by atoms with Crippen molar-refractivity contribution in [1.29, 1.82) is 0 Å². The molecular formula is C14H18N2O3. The Morgan fingerprint density at radius 1 is 1.47 bits per heavy atom. The minimum absolute atomic E-state index is 0.167. The van der Waals surface area contributed by atoms with Crippen molar-refractivity contribution in [2.75, 3.05) is 6.54 Å². The van der Waals surface area contributed by atoms with Crippen LogP contribution in [-0.2, 0) is 4.79 Å². The normalized spacial score (nSPS) is 15.9. The number of carboxylic acids is 1. The van der Waals surface area contributed by atoms with E-state index in [-0.39, 0.29) is 18.5 Å². The Bertz CT molecular complexity index is 497. The number of rotatable bonds is 5. The van der Waals surface area contributed by atoms with Crippen LogP contribution in [0, 0.1) is 12.8 Å². The van der Waals surface area contributed by atoms with Gasteiger partial charge in [-0.1, -0.05) is 13.0 Å². The lowest BCUT2D eigenvalue weighted by Gasteiger charge is -2.24. The minimum Gasteiger partial charge on any atom is -0.481 e. The molecule has 1 aliphatic carbocycles. The van der Waals surface area contributed by atoms with E-state index in [4.69, 9.17) is 5.11 Å². The molecule has 0 saturated heterocycles. The van der Waals surface area contributed by atoms with Crippen LogP contribution in [0.4, 0.5) is 0 Å². The van der Waals surface area contributed by atoms with Crippen LogP contribution in [-0.4, -0.2) is 39.5 Å². The van der Waals surface area contributed by atoms with E-state index in [1.807, 2.05) is 13.0 Å². The predicted molar refractivity (Wildman–Crippen MR) is 69.8 cm³/mol. The number of aromatic nitrogens is 1. The highest BCUT2D eigenvalue weighted by Crippen LogP contribution is 2.28. The van der Waals surface area contributed by atoms with Gasteiger partial charge in [0.05, 0.1) is 5.92 Å². The first kappa shape index (κ1) is 13.5. The Morgan fingerprint density at radius 2 is 2.16 bits per heavy atom. The van der Waals surface area contributed by atoms with Crippen molar-refractivity contribution in [3.8, 4) is 0 Å². The number of carboxylic acid groups (broad SMARTS) is 1. The molecular weight excluding hydrogens is 244 g/mol. The number of pyridine rings is 1. The van der Waals surface area contributed by atoms with Gasteiger partial charge in [-0.25, -0.2) is 4.98 Å². The number of nitrogens with zero attached hydrogens (tertiary/aromatic N) is 2. The molecule has 0 aliphatic heterocycles. The fourth-order valence-corrected chi connectivity index (χ4v) is 1.97. The molecule has 102 valence electrons. The standard InChI is InChI=1S/C14H18N2O3/c1-9(14(18)19)8-16(11-6-7-11)13(17)12-5-3-4-10(2)15-12/h3-5,9,11H,6-8H2,1-2H3,(H,18,19).